The molecule has 3 amide bonds. The maximum atomic E-state index is 13.2. The molecule has 0 aromatic carbocycles. The fourth-order valence-corrected chi connectivity index (χ4v) is 1.69. The summed E-state index contributed by atoms with van der Waals surface area (Å²) in [7, 11) is 0. The van der Waals surface area contributed by atoms with E-state index in [0.717, 1.165) is 6.92 Å². The Labute approximate surface area is 104 Å². The summed E-state index contributed by atoms with van der Waals surface area (Å²) in [6, 6.07) is -0.951. The molecule has 9 nitrogen and oxygen atoms in total. The molecule has 102 valence electrons. The number of aromatic nitrogens is 2. The summed E-state index contributed by atoms with van der Waals surface area (Å²) in [5.74, 6) is -2.32. The highest BCUT2D eigenvalue weighted by atomic mass is 19.1. The zero-order valence-electron chi connectivity index (χ0n) is 9.56. The molecule has 2 heterocycles. The summed E-state index contributed by atoms with van der Waals surface area (Å²) in [6.07, 6.45) is -1.28. The number of carbonyl (C=O) groups excluding carboxylic acids is 2. The first-order valence-corrected chi connectivity index (χ1v) is 5.09. The fraction of sp³-hybridized carbons (Fsp3) is 0.333. The van der Waals surface area contributed by atoms with Crippen LogP contribution in [0.1, 0.15) is 6.92 Å². The minimum absolute atomic E-state index is 0.488. The lowest BCUT2D eigenvalue weighted by atomic mass is 9.96. The molecule has 1 saturated heterocycles. The largest absolute Gasteiger partial charge is 0.371 e. The first kappa shape index (κ1) is 13.0. The number of halogens is 1. The lowest BCUT2D eigenvalue weighted by Crippen LogP contribution is -2.69. The van der Waals surface area contributed by atoms with Crippen LogP contribution in [0.2, 0.25) is 0 Å². The van der Waals surface area contributed by atoms with Gasteiger partial charge in [0, 0.05) is 0 Å². The van der Waals surface area contributed by atoms with E-state index in [-0.39, 0.29) is 0 Å². The second-order valence-corrected chi connectivity index (χ2v) is 4.08. The van der Waals surface area contributed by atoms with Crippen LogP contribution >= 0.6 is 0 Å². The maximum absolute atomic E-state index is 13.2. The Bertz CT molecular complexity index is 680. The van der Waals surface area contributed by atoms with Crippen LogP contribution in [0.15, 0.2) is 15.8 Å². The van der Waals surface area contributed by atoms with Crippen molar-refractivity contribution in [3.63, 3.8) is 0 Å². The van der Waals surface area contributed by atoms with Gasteiger partial charge in [-0.3, -0.25) is 24.5 Å². The number of aromatic amines is 1. The van der Waals surface area contributed by atoms with E-state index in [9.17, 15) is 28.7 Å². The van der Waals surface area contributed by atoms with Gasteiger partial charge >= 0.3 is 11.7 Å². The topological polar surface area (TPSA) is 133 Å². The number of urea groups is 1. The number of hydrogen-bond acceptors (Lipinski definition) is 5. The Morgan fingerprint density at radius 2 is 2.00 bits per heavy atom. The van der Waals surface area contributed by atoms with Gasteiger partial charge in [0.1, 0.15) is 0 Å². The van der Waals surface area contributed by atoms with Gasteiger partial charge < -0.3 is 10.4 Å². The Hall–Kier alpha value is -2.49. The van der Waals surface area contributed by atoms with Crippen molar-refractivity contribution in [1.29, 1.82) is 0 Å². The minimum Gasteiger partial charge on any atom is -0.371 e. The van der Waals surface area contributed by atoms with E-state index in [1.807, 2.05) is 10.6 Å². The molecule has 0 saturated carbocycles. The van der Waals surface area contributed by atoms with Gasteiger partial charge in [0.2, 0.25) is 5.82 Å². The number of aliphatic hydroxyl groups excluding tert-OH is 1. The van der Waals surface area contributed by atoms with Gasteiger partial charge in [0.05, 0.1) is 6.20 Å². The Kier molecular flexibility index (Phi) is 2.74. The second kappa shape index (κ2) is 4.02. The molecule has 4 N–H and O–H groups in total. The van der Waals surface area contributed by atoms with E-state index in [1.54, 1.807) is 4.98 Å². The fourth-order valence-electron chi connectivity index (χ4n) is 1.69. The van der Waals surface area contributed by atoms with E-state index in [2.05, 4.69) is 0 Å². The quantitative estimate of drug-likeness (QED) is 0.450. The summed E-state index contributed by atoms with van der Waals surface area (Å²) in [5.41, 5.74) is -4.34. The molecular formula is C9H9FN4O5. The third kappa shape index (κ3) is 1.81. The lowest BCUT2D eigenvalue weighted by molar-refractivity contribution is -0.137. The van der Waals surface area contributed by atoms with Crippen molar-refractivity contribution >= 4 is 11.9 Å². The number of rotatable bonds is 1. The predicted octanol–water partition coefficient (Wildman–Crippen LogP) is -2.45. The molecule has 1 aromatic heterocycles. The summed E-state index contributed by atoms with van der Waals surface area (Å²) in [4.78, 5) is 46.9. The SMILES string of the molecule is CC1(n2cc(F)c(=O)[nH]c2=O)C(=O)NC(=O)NC1O. The van der Waals surface area contributed by atoms with Crippen molar-refractivity contribution in [2.45, 2.75) is 18.7 Å². The van der Waals surface area contributed by atoms with Crippen LogP contribution in [0.4, 0.5) is 9.18 Å². The van der Waals surface area contributed by atoms with E-state index >= 15 is 0 Å². The van der Waals surface area contributed by atoms with Crippen LogP contribution in [0, 0.1) is 5.82 Å². The van der Waals surface area contributed by atoms with Gasteiger partial charge in [-0.05, 0) is 6.92 Å². The molecule has 2 rings (SSSR count). The summed E-state index contributed by atoms with van der Waals surface area (Å²) >= 11 is 0. The Morgan fingerprint density at radius 1 is 1.37 bits per heavy atom. The van der Waals surface area contributed by atoms with Crippen LogP contribution in [-0.4, -0.2) is 32.8 Å². The molecule has 0 spiro atoms. The van der Waals surface area contributed by atoms with Crippen LogP contribution in [0.5, 0.6) is 0 Å². The number of nitrogens with one attached hydrogen (secondary N) is 3. The third-order valence-corrected chi connectivity index (χ3v) is 2.89. The summed E-state index contributed by atoms with van der Waals surface area (Å²) < 4.78 is 13.7. The summed E-state index contributed by atoms with van der Waals surface area (Å²) in [5, 5.41) is 13.5. The third-order valence-electron chi connectivity index (χ3n) is 2.89. The number of amides is 3. The molecule has 10 heteroatoms. The monoisotopic (exact) mass is 272 g/mol. The van der Waals surface area contributed by atoms with Crippen LogP contribution in [-0.2, 0) is 10.3 Å². The average molecular weight is 272 g/mol. The first-order valence-electron chi connectivity index (χ1n) is 5.09. The van der Waals surface area contributed by atoms with Crippen molar-refractivity contribution in [2.75, 3.05) is 0 Å². The highest BCUT2D eigenvalue weighted by Crippen LogP contribution is 2.20. The van der Waals surface area contributed by atoms with E-state index < -0.39 is 40.8 Å². The van der Waals surface area contributed by atoms with Crippen molar-refractivity contribution in [3.8, 4) is 0 Å². The van der Waals surface area contributed by atoms with Gasteiger partial charge in [0.15, 0.2) is 11.8 Å². The van der Waals surface area contributed by atoms with Crippen molar-refractivity contribution in [3.05, 3.63) is 32.9 Å². The van der Waals surface area contributed by atoms with Crippen molar-refractivity contribution < 1.29 is 19.1 Å². The van der Waals surface area contributed by atoms with Gasteiger partial charge in [-0.15, -0.1) is 0 Å². The number of nitrogens with zero attached hydrogens (tertiary/aromatic N) is 1. The van der Waals surface area contributed by atoms with Gasteiger partial charge in [-0.25, -0.2) is 9.59 Å². The van der Waals surface area contributed by atoms with Gasteiger partial charge in [0.25, 0.3) is 11.5 Å². The number of hydrogen-bond donors (Lipinski definition) is 4. The van der Waals surface area contributed by atoms with E-state index in [0.29, 0.717) is 10.8 Å². The Balaban J connectivity index is 2.65. The maximum Gasteiger partial charge on any atom is 0.329 e. The second-order valence-electron chi connectivity index (χ2n) is 4.08. The molecular weight excluding hydrogens is 263 g/mol. The average Bonchev–Trinajstić information content (AvgIpc) is 2.30. The van der Waals surface area contributed by atoms with Gasteiger partial charge in [-0.2, -0.15) is 4.39 Å². The molecule has 0 bridgehead atoms. The highest BCUT2D eigenvalue weighted by molar-refractivity contribution is 6.01. The molecule has 1 aliphatic rings. The number of aliphatic hydroxyl groups is 1. The highest BCUT2D eigenvalue weighted by Gasteiger charge is 2.48. The van der Waals surface area contributed by atoms with E-state index in [4.69, 9.17) is 0 Å². The molecule has 1 aromatic rings. The predicted molar refractivity (Wildman–Crippen MR) is 57.6 cm³/mol. The molecule has 19 heavy (non-hydrogen) atoms. The molecule has 2 unspecified atom stereocenters. The number of carbonyl (C=O) groups is 2. The first-order chi connectivity index (χ1) is 8.76. The molecule has 0 aliphatic carbocycles. The van der Waals surface area contributed by atoms with Crippen molar-refractivity contribution in [2.24, 2.45) is 0 Å². The molecule has 0 radical (unpaired) electrons. The van der Waals surface area contributed by atoms with Crippen molar-refractivity contribution in [1.82, 2.24) is 20.2 Å². The van der Waals surface area contributed by atoms with E-state index in [1.165, 1.54) is 0 Å². The molecule has 1 aliphatic heterocycles. The normalized spacial score (nSPS) is 26.8. The number of H-pyrrole nitrogens is 1. The zero-order valence-corrected chi connectivity index (χ0v) is 9.56. The molecule has 1 fully saturated rings. The van der Waals surface area contributed by atoms with Crippen LogP contribution in [0.25, 0.3) is 0 Å². The lowest BCUT2D eigenvalue weighted by Gasteiger charge is -2.37. The summed E-state index contributed by atoms with van der Waals surface area (Å²) in [6.45, 7) is 1.10. The van der Waals surface area contributed by atoms with Crippen LogP contribution in [0.3, 0.4) is 0 Å². The molecule has 2 atom stereocenters. The minimum atomic E-state index is -1.99. The zero-order chi connectivity index (χ0) is 14.4. The smallest absolute Gasteiger partial charge is 0.329 e. The van der Waals surface area contributed by atoms with Crippen LogP contribution < -0.4 is 21.9 Å². The standard InChI is InChI=1S/C9H9FN4O5/c1-9(5(16)12-7(18)13-6(9)17)14-2-3(10)4(15)11-8(14)19/h2,5,16H,1H3,(H,11,15,19)(H2,12,13,17,18). The van der Waals surface area contributed by atoms with Gasteiger partial charge in [-0.1, -0.05) is 0 Å². The Morgan fingerprint density at radius 3 is 2.58 bits per heavy atom. The number of imide groups is 1.